The normalized spacial score (nSPS) is 13.0. The maximum absolute atomic E-state index is 2.47. The fraction of sp³-hybridized carbons (Fsp3) is 0.0588. The molecule has 1 aliphatic carbocycles. The van der Waals surface area contributed by atoms with E-state index in [0.29, 0.717) is 0 Å². The van der Waals surface area contributed by atoms with Crippen LogP contribution in [0.2, 0.25) is 0 Å². The minimum Gasteiger partial charge on any atom is -0.309 e. The topological polar surface area (TPSA) is 3.24 Å². The van der Waals surface area contributed by atoms with Crippen LogP contribution in [0.15, 0.2) is 188 Å². The van der Waals surface area contributed by atoms with Crippen molar-refractivity contribution in [1.82, 2.24) is 0 Å². The fourth-order valence-electron chi connectivity index (χ4n) is 8.67. The Hall–Kier alpha value is -6.44. The van der Waals surface area contributed by atoms with Crippen molar-refractivity contribution in [2.24, 2.45) is 0 Å². The lowest BCUT2D eigenvalue weighted by Gasteiger charge is -2.30. The van der Waals surface area contributed by atoms with E-state index in [-0.39, 0.29) is 5.41 Å². The van der Waals surface area contributed by atoms with Crippen LogP contribution in [0.25, 0.3) is 65.7 Å². The molecule has 0 spiro atoms. The summed E-state index contributed by atoms with van der Waals surface area (Å²) in [5.41, 5.74) is 13.6. The highest BCUT2D eigenvalue weighted by atomic mass is 15.1. The lowest BCUT2D eigenvalue weighted by molar-refractivity contribution is 0.660. The maximum atomic E-state index is 2.47. The van der Waals surface area contributed by atoms with Gasteiger partial charge in [0.05, 0.1) is 11.4 Å². The Labute approximate surface area is 305 Å². The zero-order chi connectivity index (χ0) is 34.8. The molecule has 0 bridgehead atoms. The molecule has 9 aromatic rings. The summed E-state index contributed by atoms with van der Waals surface area (Å²) >= 11 is 0. The molecule has 9 aromatic carbocycles. The Morgan fingerprint density at radius 3 is 1.77 bits per heavy atom. The first kappa shape index (κ1) is 30.4. The van der Waals surface area contributed by atoms with Crippen LogP contribution in [-0.2, 0) is 5.41 Å². The van der Waals surface area contributed by atoms with E-state index in [9.17, 15) is 0 Å². The van der Waals surface area contributed by atoms with Gasteiger partial charge in [-0.2, -0.15) is 0 Å². The van der Waals surface area contributed by atoms with Gasteiger partial charge in [0.2, 0.25) is 0 Å². The molecule has 0 amide bonds. The number of hydrogen-bond acceptors (Lipinski definition) is 1. The van der Waals surface area contributed by atoms with Crippen LogP contribution in [0.3, 0.4) is 0 Å². The van der Waals surface area contributed by atoms with Gasteiger partial charge in [-0.3, -0.25) is 0 Å². The summed E-state index contributed by atoms with van der Waals surface area (Å²) in [7, 11) is 0. The second-order valence-corrected chi connectivity index (χ2v) is 14.5. The van der Waals surface area contributed by atoms with Crippen molar-refractivity contribution in [3.8, 4) is 33.4 Å². The molecule has 0 fully saturated rings. The van der Waals surface area contributed by atoms with Crippen molar-refractivity contribution >= 4 is 49.4 Å². The van der Waals surface area contributed by atoms with Gasteiger partial charge in [-0.1, -0.05) is 166 Å². The molecule has 1 heteroatoms. The van der Waals surface area contributed by atoms with E-state index in [0.717, 1.165) is 11.4 Å². The molecule has 0 heterocycles. The number of benzene rings is 9. The Morgan fingerprint density at radius 1 is 0.346 bits per heavy atom. The molecular formula is C51H37N. The third kappa shape index (κ3) is 4.70. The molecular weight excluding hydrogens is 627 g/mol. The number of anilines is 3. The molecule has 0 aliphatic heterocycles. The van der Waals surface area contributed by atoms with E-state index in [1.807, 2.05) is 0 Å². The van der Waals surface area contributed by atoms with Gasteiger partial charge in [0.15, 0.2) is 0 Å². The van der Waals surface area contributed by atoms with Crippen LogP contribution in [0, 0.1) is 0 Å². The molecule has 0 unspecified atom stereocenters. The molecule has 0 atom stereocenters. The Kier molecular flexibility index (Phi) is 6.91. The molecule has 0 saturated heterocycles. The average molecular weight is 664 g/mol. The fourth-order valence-corrected chi connectivity index (χ4v) is 8.67. The molecule has 1 aliphatic rings. The Balaban J connectivity index is 1.15. The van der Waals surface area contributed by atoms with Crippen LogP contribution in [-0.4, -0.2) is 0 Å². The summed E-state index contributed by atoms with van der Waals surface area (Å²) in [6, 6.07) is 69.1. The van der Waals surface area contributed by atoms with E-state index in [1.165, 1.54) is 82.5 Å². The van der Waals surface area contributed by atoms with Gasteiger partial charge in [0.1, 0.15) is 0 Å². The minimum absolute atomic E-state index is 0.202. The Morgan fingerprint density at radius 2 is 0.942 bits per heavy atom. The number of hydrogen-bond donors (Lipinski definition) is 0. The van der Waals surface area contributed by atoms with Crippen LogP contribution < -0.4 is 4.90 Å². The van der Waals surface area contributed by atoms with Crippen molar-refractivity contribution < 1.29 is 0 Å². The van der Waals surface area contributed by atoms with Gasteiger partial charge < -0.3 is 4.90 Å². The zero-order valence-electron chi connectivity index (χ0n) is 29.3. The second-order valence-electron chi connectivity index (χ2n) is 14.5. The summed E-state index contributed by atoms with van der Waals surface area (Å²) in [5, 5.41) is 7.61. The van der Waals surface area contributed by atoms with E-state index in [4.69, 9.17) is 0 Å². The lowest BCUT2D eigenvalue weighted by atomic mass is 9.81. The highest BCUT2D eigenvalue weighted by Crippen LogP contribution is 2.53. The molecule has 0 saturated carbocycles. The first-order valence-corrected chi connectivity index (χ1v) is 18.2. The van der Waals surface area contributed by atoms with Crippen LogP contribution >= 0.6 is 0 Å². The largest absolute Gasteiger partial charge is 0.309 e. The van der Waals surface area contributed by atoms with Gasteiger partial charge in [-0.25, -0.2) is 0 Å². The standard InChI is InChI=1S/C51H37N/c1-51(2)47-32-37(46-31-36-18-7-8-20-39(36)42-23-10-11-24-43(42)46)27-29-44(47)45-30-28-38(33-48(45)51)52(50-26-14-19-35-17-6-9-21-41(35)50)49-25-13-12-22-40(49)34-15-4-3-5-16-34/h3-33H,1-2H3. The van der Waals surface area contributed by atoms with Gasteiger partial charge in [-0.05, 0) is 102 Å². The van der Waals surface area contributed by atoms with Crippen molar-refractivity contribution in [2.45, 2.75) is 19.3 Å². The van der Waals surface area contributed by atoms with Gasteiger partial charge in [-0.15, -0.1) is 0 Å². The van der Waals surface area contributed by atoms with E-state index >= 15 is 0 Å². The lowest BCUT2D eigenvalue weighted by Crippen LogP contribution is -2.17. The predicted octanol–water partition coefficient (Wildman–Crippen LogP) is 14.3. The summed E-state index contributed by atoms with van der Waals surface area (Å²) in [5.74, 6) is 0. The van der Waals surface area contributed by atoms with Crippen molar-refractivity contribution in [3.05, 3.63) is 199 Å². The van der Waals surface area contributed by atoms with Crippen molar-refractivity contribution in [3.63, 3.8) is 0 Å². The SMILES string of the molecule is CC1(C)c2cc(-c3cc4ccccc4c4ccccc34)ccc2-c2ccc(N(c3ccccc3-c3ccccc3)c3cccc4ccccc34)cc21. The molecule has 10 rings (SSSR count). The predicted molar refractivity (Wildman–Crippen MR) is 222 cm³/mol. The first-order chi connectivity index (χ1) is 25.6. The van der Waals surface area contributed by atoms with Gasteiger partial charge in [0, 0.05) is 22.1 Å². The summed E-state index contributed by atoms with van der Waals surface area (Å²) < 4.78 is 0. The van der Waals surface area contributed by atoms with Crippen molar-refractivity contribution in [1.29, 1.82) is 0 Å². The third-order valence-corrected chi connectivity index (χ3v) is 11.2. The first-order valence-electron chi connectivity index (χ1n) is 18.2. The highest BCUT2D eigenvalue weighted by Gasteiger charge is 2.36. The summed E-state index contributed by atoms with van der Waals surface area (Å²) in [4.78, 5) is 2.47. The molecule has 52 heavy (non-hydrogen) atoms. The third-order valence-electron chi connectivity index (χ3n) is 11.2. The number of para-hydroxylation sites is 1. The zero-order valence-corrected chi connectivity index (χ0v) is 29.3. The van der Waals surface area contributed by atoms with E-state index in [1.54, 1.807) is 0 Å². The number of rotatable bonds is 5. The van der Waals surface area contributed by atoms with Crippen LogP contribution in [0.1, 0.15) is 25.0 Å². The van der Waals surface area contributed by atoms with Crippen molar-refractivity contribution in [2.75, 3.05) is 4.90 Å². The molecule has 0 radical (unpaired) electrons. The monoisotopic (exact) mass is 663 g/mol. The van der Waals surface area contributed by atoms with E-state index in [2.05, 4.69) is 207 Å². The second kappa shape index (κ2) is 11.8. The number of fused-ring (bicyclic) bond motifs is 7. The highest BCUT2D eigenvalue weighted by molar-refractivity contribution is 6.14. The van der Waals surface area contributed by atoms with Crippen LogP contribution in [0.5, 0.6) is 0 Å². The maximum Gasteiger partial charge on any atom is 0.0540 e. The number of nitrogens with zero attached hydrogens (tertiary/aromatic N) is 1. The average Bonchev–Trinajstić information content (AvgIpc) is 3.43. The van der Waals surface area contributed by atoms with Gasteiger partial charge in [0.25, 0.3) is 0 Å². The molecule has 0 N–H and O–H groups in total. The Bertz CT molecular complexity index is 2820. The quantitative estimate of drug-likeness (QED) is 0.166. The van der Waals surface area contributed by atoms with E-state index < -0.39 is 0 Å². The van der Waals surface area contributed by atoms with Gasteiger partial charge >= 0.3 is 0 Å². The summed E-state index contributed by atoms with van der Waals surface area (Å²) in [6.45, 7) is 4.79. The molecule has 246 valence electrons. The smallest absolute Gasteiger partial charge is 0.0540 e. The summed E-state index contributed by atoms with van der Waals surface area (Å²) in [6.07, 6.45) is 0. The van der Waals surface area contributed by atoms with Crippen LogP contribution in [0.4, 0.5) is 17.1 Å². The molecule has 1 nitrogen and oxygen atoms in total. The minimum atomic E-state index is -0.202. The molecule has 0 aromatic heterocycles.